The Balaban J connectivity index is 2.13. The van der Waals surface area contributed by atoms with E-state index in [4.69, 9.17) is 4.74 Å². The van der Waals surface area contributed by atoms with E-state index in [-0.39, 0.29) is 5.56 Å². The van der Waals surface area contributed by atoms with Gasteiger partial charge in [0.2, 0.25) is 0 Å². The molecule has 4 nitrogen and oxygen atoms in total. The second kappa shape index (κ2) is 6.09. The van der Waals surface area contributed by atoms with Crippen LogP contribution in [0.25, 0.3) is 10.8 Å². The molecule has 108 valence electrons. The first-order valence-corrected chi connectivity index (χ1v) is 6.94. The Hall–Kier alpha value is -1.81. The number of fused-ring (bicyclic) bond motifs is 1. The molecule has 0 bridgehead atoms. The normalized spacial score (nSPS) is 11.5. The summed E-state index contributed by atoms with van der Waals surface area (Å²) in [5.41, 5.74) is 0.987. The van der Waals surface area contributed by atoms with Crippen LogP contribution in [0.1, 0.15) is 19.4 Å². The van der Waals surface area contributed by atoms with Gasteiger partial charge in [0.25, 0.3) is 5.56 Å². The summed E-state index contributed by atoms with van der Waals surface area (Å²) in [7, 11) is 2.07. The Morgan fingerprint density at radius 3 is 2.75 bits per heavy atom. The van der Waals surface area contributed by atoms with Crippen molar-refractivity contribution in [3.63, 3.8) is 0 Å². The zero-order valence-corrected chi connectivity index (χ0v) is 12.6. The van der Waals surface area contributed by atoms with Crippen molar-refractivity contribution in [3.8, 4) is 5.75 Å². The molecule has 0 saturated heterocycles. The number of aromatic amines is 1. The molecular weight excluding hydrogens is 252 g/mol. The van der Waals surface area contributed by atoms with Crippen LogP contribution in [-0.4, -0.2) is 36.1 Å². The number of nitrogens with zero attached hydrogens (tertiary/aromatic N) is 1. The maximum absolute atomic E-state index is 11.8. The minimum Gasteiger partial charge on any atom is -0.492 e. The van der Waals surface area contributed by atoms with Gasteiger partial charge in [-0.05, 0) is 50.9 Å². The van der Waals surface area contributed by atoms with Gasteiger partial charge in [0.1, 0.15) is 12.4 Å². The Bertz CT molecular complexity index is 646. The summed E-state index contributed by atoms with van der Waals surface area (Å²) in [6.07, 6.45) is 1.74. The van der Waals surface area contributed by atoms with Gasteiger partial charge in [-0.15, -0.1) is 0 Å². The molecule has 0 amide bonds. The fraction of sp³-hybridized carbons (Fsp3) is 0.438. The summed E-state index contributed by atoms with van der Waals surface area (Å²) < 4.78 is 5.74. The summed E-state index contributed by atoms with van der Waals surface area (Å²) in [4.78, 5) is 16.8. The lowest BCUT2D eigenvalue weighted by molar-refractivity contribution is 0.208. The van der Waals surface area contributed by atoms with Gasteiger partial charge in [-0.25, -0.2) is 0 Å². The predicted octanol–water partition coefficient (Wildman–Crippen LogP) is 2.56. The third kappa shape index (κ3) is 3.20. The first-order chi connectivity index (χ1) is 9.49. The first-order valence-electron chi connectivity index (χ1n) is 6.94. The molecule has 20 heavy (non-hydrogen) atoms. The average Bonchev–Trinajstić information content (AvgIpc) is 2.43. The highest BCUT2D eigenvalue weighted by Gasteiger charge is 2.05. The van der Waals surface area contributed by atoms with E-state index in [2.05, 4.69) is 30.8 Å². The molecule has 0 atom stereocenters. The van der Waals surface area contributed by atoms with E-state index in [9.17, 15) is 4.79 Å². The first kappa shape index (κ1) is 14.6. The number of likely N-dealkylation sites (N-methyl/N-ethyl adjacent to an activating group) is 1. The summed E-state index contributed by atoms with van der Waals surface area (Å²) >= 11 is 0. The van der Waals surface area contributed by atoms with Crippen LogP contribution < -0.4 is 10.3 Å². The van der Waals surface area contributed by atoms with Crippen molar-refractivity contribution < 1.29 is 4.74 Å². The molecule has 0 aliphatic rings. The maximum atomic E-state index is 11.8. The molecule has 0 radical (unpaired) electrons. The van der Waals surface area contributed by atoms with Crippen LogP contribution >= 0.6 is 0 Å². The van der Waals surface area contributed by atoms with Crippen LogP contribution in [0, 0.1) is 6.92 Å². The van der Waals surface area contributed by atoms with Crippen molar-refractivity contribution in [2.45, 2.75) is 26.8 Å². The number of aryl methyl sites for hydroxylation is 1. The number of ether oxygens (including phenoxy) is 1. The smallest absolute Gasteiger partial charge is 0.255 e. The van der Waals surface area contributed by atoms with Crippen LogP contribution in [0.5, 0.6) is 5.75 Å². The van der Waals surface area contributed by atoms with Crippen LogP contribution in [0.3, 0.4) is 0 Å². The van der Waals surface area contributed by atoms with E-state index in [1.165, 1.54) is 0 Å². The highest BCUT2D eigenvalue weighted by Crippen LogP contribution is 2.20. The number of benzene rings is 1. The molecular formula is C16H22N2O2. The van der Waals surface area contributed by atoms with Crippen molar-refractivity contribution in [3.05, 3.63) is 40.3 Å². The van der Waals surface area contributed by atoms with Crippen LogP contribution in [-0.2, 0) is 0 Å². The molecule has 0 aliphatic carbocycles. The van der Waals surface area contributed by atoms with Gasteiger partial charge >= 0.3 is 0 Å². The van der Waals surface area contributed by atoms with Crippen LogP contribution in [0.4, 0.5) is 0 Å². The number of nitrogens with one attached hydrogen (secondary N) is 1. The average molecular weight is 274 g/mol. The Labute approximate surface area is 119 Å². The highest BCUT2D eigenvalue weighted by molar-refractivity contribution is 5.85. The number of rotatable bonds is 5. The van der Waals surface area contributed by atoms with Gasteiger partial charge in [-0.3, -0.25) is 4.79 Å². The topological polar surface area (TPSA) is 45.3 Å². The van der Waals surface area contributed by atoms with Gasteiger partial charge in [0.15, 0.2) is 0 Å². The number of H-pyrrole nitrogens is 1. The molecule has 0 saturated carbocycles. The molecule has 1 heterocycles. The molecule has 2 aromatic rings. The largest absolute Gasteiger partial charge is 0.492 e. The van der Waals surface area contributed by atoms with Crippen molar-refractivity contribution in [2.75, 3.05) is 20.2 Å². The summed E-state index contributed by atoms with van der Waals surface area (Å²) in [5.74, 6) is 0.741. The molecule has 1 aromatic carbocycles. The van der Waals surface area contributed by atoms with Crippen molar-refractivity contribution in [1.82, 2.24) is 9.88 Å². The minimum absolute atomic E-state index is 0.0738. The molecule has 0 unspecified atom stereocenters. The van der Waals surface area contributed by atoms with Crippen molar-refractivity contribution in [2.24, 2.45) is 0 Å². The zero-order valence-electron chi connectivity index (χ0n) is 12.6. The van der Waals surface area contributed by atoms with Gasteiger partial charge in [0.05, 0.1) is 5.39 Å². The van der Waals surface area contributed by atoms with E-state index < -0.39 is 0 Å². The molecule has 1 aromatic heterocycles. The fourth-order valence-corrected chi connectivity index (χ4v) is 2.04. The Kier molecular flexibility index (Phi) is 4.45. The molecule has 4 heteroatoms. The third-order valence-corrected chi connectivity index (χ3v) is 3.67. The van der Waals surface area contributed by atoms with Crippen molar-refractivity contribution >= 4 is 10.8 Å². The van der Waals surface area contributed by atoms with E-state index in [1.807, 2.05) is 25.1 Å². The lowest BCUT2D eigenvalue weighted by atomic mass is 10.1. The molecule has 0 aliphatic heterocycles. The summed E-state index contributed by atoms with van der Waals surface area (Å²) in [6.45, 7) is 7.76. The van der Waals surface area contributed by atoms with Crippen LogP contribution in [0.15, 0.2) is 29.2 Å². The SMILES string of the molecule is Cc1c[nH]c(=O)c2cc(OCCN(C)C(C)C)ccc12. The second-order valence-electron chi connectivity index (χ2n) is 5.43. The Morgan fingerprint density at radius 1 is 1.30 bits per heavy atom. The van der Waals surface area contributed by atoms with Gasteiger partial charge in [-0.2, -0.15) is 0 Å². The summed E-state index contributed by atoms with van der Waals surface area (Å²) in [5, 5.41) is 1.65. The highest BCUT2D eigenvalue weighted by atomic mass is 16.5. The molecule has 1 N–H and O–H groups in total. The second-order valence-corrected chi connectivity index (χ2v) is 5.43. The number of pyridine rings is 1. The summed E-state index contributed by atoms with van der Waals surface area (Å²) in [6, 6.07) is 6.18. The Morgan fingerprint density at radius 2 is 2.05 bits per heavy atom. The van der Waals surface area contributed by atoms with Crippen molar-refractivity contribution in [1.29, 1.82) is 0 Å². The number of aromatic nitrogens is 1. The quantitative estimate of drug-likeness (QED) is 0.911. The van der Waals surface area contributed by atoms with E-state index in [0.717, 1.165) is 23.2 Å². The standard InChI is InChI=1S/C16H22N2O2/c1-11(2)18(4)7-8-20-13-5-6-14-12(3)10-17-16(19)15(14)9-13/h5-6,9-11H,7-8H2,1-4H3,(H,17,19). The minimum atomic E-state index is -0.0738. The zero-order chi connectivity index (χ0) is 14.7. The predicted molar refractivity (Wildman–Crippen MR) is 82.6 cm³/mol. The monoisotopic (exact) mass is 274 g/mol. The lowest BCUT2D eigenvalue weighted by Gasteiger charge is -2.20. The van der Waals surface area contributed by atoms with E-state index >= 15 is 0 Å². The van der Waals surface area contributed by atoms with Gasteiger partial charge < -0.3 is 14.6 Å². The van der Waals surface area contributed by atoms with Gasteiger partial charge in [-0.1, -0.05) is 6.07 Å². The fourth-order valence-electron chi connectivity index (χ4n) is 2.04. The molecule has 2 rings (SSSR count). The number of hydrogen-bond acceptors (Lipinski definition) is 3. The lowest BCUT2D eigenvalue weighted by Crippen LogP contribution is -2.30. The maximum Gasteiger partial charge on any atom is 0.255 e. The van der Waals surface area contributed by atoms with E-state index in [1.54, 1.807) is 6.20 Å². The van der Waals surface area contributed by atoms with Gasteiger partial charge in [0, 0.05) is 18.8 Å². The third-order valence-electron chi connectivity index (χ3n) is 3.67. The molecule has 0 fully saturated rings. The number of hydrogen-bond donors (Lipinski definition) is 1. The van der Waals surface area contributed by atoms with Crippen LogP contribution in [0.2, 0.25) is 0 Å². The van der Waals surface area contributed by atoms with E-state index in [0.29, 0.717) is 18.0 Å². The molecule has 0 spiro atoms.